The molecule has 2 heterocycles. The van der Waals surface area contributed by atoms with Crippen LogP contribution in [0, 0.1) is 6.92 Å². The number of amides is 1. The van der Waals surface area contributed by atoms with Crippen molar-refractivity contribution in [3.63, 3.8) is 0 Å². The van der Waals surface area contributed by atoms with Crippen LogP contribution >= 0.6 is 0 Å². The summed E-state index contributed by atoms with van der Waals surface area (Å²) in [6.45, 7) is 8.95. The SMILES string of the molecule is COc1c(NC(=O)c2cc3cccc(Oc4cc(C)nc(OCCN(C)C)n4)c3n2C)cc(C(C)(C)C)cc1NS(C)(=O)=O. The van der Waals surface area contributed by atoms with Crippen LogP contribution in [-0.2, 0) is 22.5 Å². The molecule has 2 N–H and O–H groups in total. The number of hydrogen-bond donors (Lipinski definition) is 2. The lowest BCUT2D eigenvalue weighted by Gasteiger charge is -2.24. The highest BCUT2D eigenvalue weighted by Gasteiger charge is 2.24. The molecule has 0 saturated heterocycles. The number of anilines is 2. The third-order valence-corrected chi connectivity index (χ3v) is 7.34. The third-order valence-electron chi connectivity index (χ3n) is 6.75. The van der Waals surface area contributed by atoms with Crippen molar-refractivity contribution in [3.05, 3.63) is 59.4 Å². The van der Waals surface area contributed by atoms with Crippen LogP contribution in [0.3, 0.4) is 0 Å². The van der Waals surface area contributed by atoms with Gasteiger partial charge in [-0.3, -0.25) is 9.52 Å². The zero-order valence-corrected chi connectivity index (χ0v) is 27.4. The zero-order valence-electron chi connectivity index (χ0n) is 26.6. The number of aromatic nitrogens is 3. The van der Waals surface area contributed by atoms with Crippen LogP contribution in [0.5, 0.6) is 23.4 Å². The maximum absolute atomic E-state index is 13.7. The molecule has 0 saturated carbocycles. The molecule has 2 aromatic carbocycles. The largest absolute Gasteiger partial charge is 0.492 e. The summed E-state index contributed by atoms with van der Waals surface area (Å²) >= 11 is 0. The van der Waals surface area contributed by atoms with Gasteiger partial charge >= 0.3 is 6.01 Å². The topological polar surface area (TPSA) is 137 Å². The van der Waals surface area contributed by atoms with Crippen LogP contribution in [-0.4, -0.2) is 74.4 Å². The molecule has 236 valence electrons. The molecule has 2 aromatic heterocycles. The zero-order chi connectivity index (χ0) is 32.4. The minimum absolute atomic E-state index is 0.197. The molecule has 13 heteroatoms. The molecular formula is C31H40N6O6S. The number of rotatable bonds is 11. The Balaban J connectivity index is 1.69. The molecule has 0 aliphatic carbocycles. The number of likely N-dealkylation sites (N-methyl/N-ethyl adjacent to an activating group) is 1. The number of para-hydroxylation sites is 1. The summed E-state index contributed by atoms with van der Waals surface area (Å²) in [6.07, 6.45) is 1.06. The van der Waals surface area contributed by atoms with Crippen LogP contribution in [0.25, 0.3) is 10.9 Å². The summed E-state index contributed by atoms with van der Waals surface area (Å²) in [6, 6.07) is 12.7. The van der Waals surface area contributed by atoms with Gasteiger partial charge in [-0.05, 0) is 56.3 Å². The van der Waals surface area contributed by atoms with E-state index in [1.807, 2.05) is 58.8 Å². The van der Waals surface area contributed by atoms with Crippen LogP contribution in [0.4, 0.5) is 11.4 Å². The summed E-state index contributed by atoms with van der Waals surface area (Å²) in [5.41, 5.74) is 2.74. The molecule has 0 atom stereocenters. The fourth-order valence-corrected chi connectivity index (χ4v) is 5.13. The normalized spacial score (nSPS) is 12.0. The van der Waals surface area contributed by atoms with Gasteiger partial charge in [0, 0.05) is 30.7 Å². The van der Waals surface area contributed by atoms with Crippen LogP contribution in [0.1, 0.15) is 42.5 Å². The van der Waals surface area contributed by atoms with Gasteiger partial charge in [-0.15, -0.1) is 0 Å². The van der Waals surface area contributed by atoms with Crippen molar-refractivity contribution >= 4 is 38.2 Å². The molecule has 0 fully saturated rings. The maximum Gasteiger partial charge on any atom is 0.319 e. The number of carbonyl (C=O) groups is 1. The number of carbonyl (C=O) groups excluding carboxylic acids is 1. The van der Waals surface area contributed by atoms with E-state index in [0.29, 0.717) is 47.4 Å². The molecule has 12 nitrogen and oxygen atoms in total. The summed E-state index contributed by atoms with van der Waals surface area (Å²) in [5, 5.41) is 3.70. The summed E-state index contributed by atoms with van der Waals surface area (Å²) in [4.78, 5) is 24.5. The second-order valence-electron chi connectivity index (χ2n) is 11.8. The Morgan fingerprint density at radius 2 is 1.77 bits per heavy atom. The van der Waals surface area contributed by atoms with Crippen LogP contribution in [0.15, 0.2) is 42.5 Å². The molecule has 4 rings (SSSR count). The summed E-state index contributed by atoms with van der Waals surface area (Å²) < 4.78 is 46.0. The molecule has 4 aromatic rings. The van der Waals surface area contributed by atoms with Gasteiger partial charge in [-0.25, -0.2) is 13.4 Å². The van der Waals surface area contributed by atoms with Crippen molar-refractivity contribution < 1.29 is 27.4 Å². The molecule has 0 bridgehead atoms. The van der Waals surface area contributed by atoms with E-state index in [1.165, 1.54) is 7.11 Å². The first-order valence-corrected chi connectivity index (χ1v) is 15.9. The fourth-order valence-electron chi connectivity index (χ4n) is 4.58. The average molecular weight is 625 g/mol. The Labute approximate surface area is 258 Å². The molecule has 44 heavy (non-hydrogen) atoms. The van der Waals surface area contributed by atoms with Gasteiger partial charge in [-0.1, -0.05) is 32.9 Å². The first-order chi connectivity index (χ1) is 20.6. The van der Waals surface area contributed by atoms with Crippen molar-refractivity contribution in [2.24, 2.45) is 7.05 Å². The Morgan fingerprint density at radius 1 is 1.07 bits per heavy atom. The number of ether oxygens (including phenoxy) is 3. The third kappa shape index (κ3) is 7.77. The van der Waals surface area contributed by atoms with Crippen molar-refractivity contribution in [2.75, 3.05) is 50.7 Å². The standard InChI is InChI=1S/C31H40N6O6S/c1-19-15-26(34-30(32-19)42-14-13-36(5)6)43-25-12-10-11-20-16-24(37(7)27(20)25)29(38)33-22-17-21(31(2,3)4)18-23(28(22)41-8)35-44(9,39)40/h10-12,15-18,35H,13-14H2,1-9H3,(H,33,38). The van der Waals surface area contributed by atoms with Gasteiger partial charge in [0.2, 0.25) is 15.9 Å². The molecule has 1 amide bonds. The van der Waals surface area contributed by atoms with Crippen molar-refractivity contribution in [1.82, 2.24) is 19.4 Å². The molecular weight excluding hydrogens is 584 g/mol. The van der Waals surface area contributed by atoms with Gasteiger partial charge in [0.1, 0.15) is 12.3 Å². The highest BCUT2D eigenvalue weighted by atomic mass is 32.2. The van der Waals surface area contributed by atoms with E-state index >= 15 is 0 Å². The molecule has 0 aliphatic rings. The van der Waals surface area contributed by atoms with E-state index in [9.17, 15) is 13.2 Å². The molecule has 0 unspecified atom stereocenters. The second-order valence-corrected chi connectivity index (χ2v) is 13.6. The van der Waals surface area contributed by atoms with E-state index in [2.05, 4.69) is 20.0 Å². The lowest BCUT2D eigenvalue weighted by molar-refractivity contribution is 0.101. The van der Waals surface area contributed by atoms with E-state index < -0.39 is 15.9 Å². The monoisotopic (exact) mass is 624 g/mol. The minimum Gasteiger partial charge on any atom is -0.492 e. The fraction of sp³-hybridized carbons (Fsp3) is 0.387. The molecule has 0 radical (unpaired) electrons. The summed E-state index contributed by atoms with van der Waals surface area (Å²) in [7, 11) is 3.48. The number of fused-ring (bicyclic) bond motifs is 1. The smallest absolute Gasteiger partial charge is 0.319 e. The minimum atomic E-state index is -3.62. The van der Waals surface area contributed by atoms with Gasteiger partial charge in [-0.2, -0.15) is 4.98 Å². The first kappa shape index (κ1) is 32.6. The predicted octanol–water partition coefficient (Wildman–Crippen LogP) is 4.94. The number of nitrogens with zero attached hydrogens (tertiary/aromatic N) is 4. The Bertz CT molecular complexity index is 1790. The second kappa shape index (κ2) is 12.7. The first-order valence-electron chi connectivity index (χ1n) is 14.0. The van der Waals surface area contributed by atoms with E-state index in [0.717, 1.165) is 17.2 Å². The Kier molecular flexibility index (Phi) is 9.40. The van der Waals surface area contributed by atoms with Crippen LogP contribution in [0.2, 0.25) is 0 Å². The summed E-state index contributed by atoms with van der Waals surface area (Å²) in [5.74, 6) is 0.584. The van der Waals surface area contributed by atoms with Crippen LogP contribution < -0.4 is 24.2 Å². The number of benzene rings is 2. The van der Waals surface area contributed by atoms with Crippen molar-refractivity contribution in [3.8, 4) is 23.4 Å². The van der Waals surface area contributed by atoms with E-state index in [1.54, 1.807) is 41.9 Å². The maximum atomic E-state index is 13.7. The quantitative estimate of drug-likeness (QED) is 0.238. The molecule has 0 spiro atoms. The van der Waals surface area contributed by atoms with E-state index in [-0.39, 0.29) is 22.9 Å². The number of hydrogen-bond acceptors (Lipinski definition) is 9. The number of sulfonamides is 1. The van der Waals surface area contributed by atoms with Crippen molar-refractivity contribution in [2.45, 2.75) is 33.1 Å². The number of aryl methyl sites for hydroxylation is 2. The van der Waals surface area contributed by atoms with Crippen molar-refractivity contribution in [1.29, 1.82) is 0 Å². The Morgan fingerprint density at radius 3 is 2.41 bits per heavy atom. The predicted molar refractivity (Wildman–Crippen MR) is 172 cm³/mol. The highest BCUT2D eigenvalue weighted by Crippen LogP contribution is 2.40. The van der Waals surface area contributed by atoms with E-state index in [4.69, 9.17) is 14.2 Å². The Hall–Kier alpha value is -4.36. The number of nitrogens with one attached hydrogen (secondary N) is 2. The van der Waals surface area contributed by atoms with Gasteiger partial charge in [0.25, 0.3) is 5.91 Å². The van der Waals surface area contributed by atoms with Gasteiger partial charge < -0.3 is 29.0 Å². The number of methoxy groups -OCH3 is 1. The van der Waals surface area contributed by atoms with Gasteiger partial charge in [0.15, 0.2) is 11.5 Å². The molecule has 0 aliphatic heterocycles. The highest BCUT2D eigenvalue weighted by molar-refractivity contribution is 7.92. The average Bonchev–Trinajstić information content (AvgIpc) is 3.24. The lowest BCUT2D eigenvalue weighted by Crippen LogP contribution is -2.20. The lowest BCUT2D eigenvalue weighted by atomic mass is 9.86. The van der Waals surface area contributed by atoms with Gasteiger partial charge in [0.05, 0.1) is 30.3 Å².